The number of anilines is 2. The van der Waals surface area contributed by atoms with E-state index in [-0.39, 0.29) is 6.61 Å². The lowest BCUT2D eigenvalue weighted by Crippen LogP contribution is -2.09. The number of hydrogen-bond acceptors (Lipinski definition) is 4. The van der Waals surface area contributed by atoms with Gasteiger partial charge in [0.1, 0.15) is 0 Å². The second kappa shape index (κ2) is 6.24. The number of aliphatic hydroxyl groups is 1. The van der Waals surface area contributed by atoms with E-state index in [4.69, 9.17) is 5.11 Å². The van der Waals surface area contributed by atoms with E-state index in [1.807, 2.05) is 38.6 Å². The molecule has 0 aliphatic heterocycles. The second-order valence-electron chi connectivity index (χ2n) is 4.63. The Labute approximate surface area is 113 Å². The standard InChI is InChI=1S/C14H20N4O/c1-17(2)14-5-3-4-13(8-14)15-9-12-10-16-18(11-12)6-7-19/h3-5,8,10-11,15,19H,6-7,9H2,1-2H3. The Balaban J connectivity index is 1.95. The van der Waals surface area contributed by atoms with Gasteiger partial charge in [-0.1, -0.05) is 6.07 Å². The van der Waals surface area contributed by atoms with E-state index in [2.05, 4.69) is 27.4 Å². The Morgan fingerprint density at radius 1 is 1.37 bits per heavy atom. The molecular weight excluding hydrogens is 240 g/mol. The molecule has 102 valence electrons. The number of hydrogen-bond donors (Lipinski definition) is 2. The normalized spacial score (nSPS) is 10.5. The SMILES string of the molecule is CN(C)c1cccc(NCc2cnn(CCO)c2)c1. The second-order valence-corrected chi connectivity index (χ2v) is 4.63. The van der Waals surface area contributed by atoms with Gasteiger partial charge in [0.15, 0.2) is 0 Å². The average molecular weight is 260 g/mol. The van der Waals surface area contributed by atoms with Gasteiger partial charge in [-0.05, 0) is 18.2 Å². The van der Waals surface area contributed by atoms with E-state index < -0.39 is 0 Å². The Kier molecular flexibility index (Phi) is 4.41. The molecule has 2 N–H and O–H groups in total. The minimum atomic E-state index is 0.111. The van der Waals surface area contributed by atoms with Crippen molar-refractivity contribution in [2.24, 2.45) is 0 Å². The predicted molar refractivity (Wildman–Crippen MR) is 77.4 cm³/mol. The van der Waals surface area contributed by atoms with Crippen molar-refractivity contribution in [3.05, 3.63) is 42.2 Å². The summed E-state index contributed by atoms with van der Waals surface area (Å²) < 4.78 is 1.74. The lowest BCUT2D eigenvalue weighted by Gasteiger charge is -2.14. The Hall–Kier alpha value is -2.01. The molecule has 5 nitrogen and oxygen atoms in total. The molecule has 0 unspecified atom stereocenters. The van der Waals surface area contributed by atoms with Gasteiger partial charge in [0.2, 0.25) is 0 Å². The molecule has 0 atom stereocenters. The fourth-order valence-corrected chi connectivity index (χ4v) is 1.82. The smallest absolute Gasteiger partial charge is 0.0640 e. The van der Waals surface area contributed by atoms with Crippen LogP contribution in [0.2, 0.25) is 0 Å². The van der Waals surface area contributed by atoms with Gasteiger partial charge in [0.25, 0.3) is 0 Å². The van der Waals surface area contributed by atoms with Crippen LogP contribution in [0, 0.1) is 0 Å². The largest absolute Gasteiger partial charge is 0.394 e. The molecule has 0 bridgehead atoms. The molecular formula is C14H20N4O. The molecule has 1 aromatic heterocycles. The first-order valence-corrected chi connectivity index (χ1v) is 6.32. The zero-order chi connectivity index (χ0) is 13.7. The van der Waals surface area contributed by atoms with Crippen LogP contribution in [0.15, 0.2) is 36.7 Å². The fourth-order valence-electron chi connectivity index (χ4n) is 1.82. The van der Waals surface area contributed by atoms with Gasteiger partial charge in [-0.25, -0.2) is 0 Å². The van der Waals surface area contributed by atoms with Crippen molar-refractivity contribution in [2.45, 2.75) is 13.1 Å². The molecule has 1 aromatic carbocycles. The lowest BCUT2D eigenvalue weighted by molar-refractivity contribution is 0.269. The predicted octanol–water partition coefficient (Wildman–Crippen LogP) is 1.55. The van der Waals surface area contributed by atoms with Gasteiger partial charge in [-0.15, -0.1) is 0 Å². The van der Waals surface area contributed by atoms with E-state index in [1.165, 1.54) is 5.69 Å². The van der Waals surface area contributed by atoms with Crippen molar-refractivity contribution in [2.75, 3.05) is 30.9 Å². The van der Waals surface area contributed by atoms with Gasteiger partial charge in [0, 0.05) is 43.8 Å². The monoisotopic (exact) mass is 260 g/mol. The number of benzene rings is 1. The maximum absolute atomic E-state index is 8.84. The quantitative estimate of drug-likeness (QED) is 0.827. The number of rotatable bonds is 6. The molecule has 0 saturated carbocycles. The highest BCUT2D eigenvalue weighted by Crippen LogP contribution is 2.17. The molecule has 2 aromatic rings. The van der Waals surface area contributed by atoms with E-state index in [9.17, 15) is 0 Å². The number of aromatic nitrogens is 2. The van der Waals surface area contributed by atoms with Crippen molar-refractivity contribution in [3.8, 4) is 0 Å². The lowest BCUT2D eigenvalue weighted by atomic mass is 10.2. The van der Waals surface area contributed by atoms with Crippen LogP contribution in [0.25, 0.3) is 0 Å². The van der Waals surface area contributed by atoms with Crippen LogP contribution in [0.5, 0.6) is 0 Å². The van der Waals surface area contributed by atoms with E-state index >= 15 is 0 Å². The van der Waals surface area contributed by atoms with Crippen LogP contribution < -0.4 is 10.2 Å². The van der Waals surface area contributed by atoms with Crippen molar-refractivity contribution >= 4 is 11.4 Å². The van der Waals surface area contributed by atoms with Gasteiger partial charge in [-0.3, -0.25) is 4.68 Å². The summed E-state index contributed by atoms with van der Waals surface area (Å²) in [4.78, 5) is 2.07. The molecule has 0 aliphatic rings. The highest BCUT2D eigenvalue weighted by Gasteiger charge is 2.00. The van der Waals surface area contributed by atoms with E-state index in [0.29, 0.717) is 6.54 Å². The topological polar surface area (TPSA) is 53.3 Å². The first-order valence-electron chi connectivity index (χ1n) is 6.32. The third-order valence-electron chi connectivity index (χ3n) is 2.88. The maximum Gasteiger partial charge on any atom is 0.0640 e. The van der Waals surface area contributed by atoms with Crippen molar-refractivity contribution in [3.63, 3.8) is 0 Å². The summed E-state index contributed by atoms with van der Waals surface area (Å²) in [6.07, 6.45) is 3.76. The summed E-state index contributed by atoms with van der Waals surface area (Å²) in [6, 6.07) is 8.26. The molecule has 1 heterocycles. The molecule has 19 heavy (non-hydrogen) atoms. The summed E-state index contributed by atoms with van der Waals surface area (Å²) in [5.74, 6) is 0. The highest BCUT2D eigenvalue weighted by molar-refractivity contribution is 5.57. The molecule has 0 spiro atoms. The van der Waals surface area contributed by atoms with Crippen LogP contribution >= 0.6 is 0 Å². The van der Waals surface area contributed by atoms with E-state index in [1.54, 1.807) is 4.68 Å². The fraction of sp³-hybridized carbons (Fsp3) is 0.357. The van der Waals surface area contributed by atoms with Gasteiger partial charge in [0.05, 0.1) is 19.3 Å². The Morgan fingerprint density at radius 3 is 2.95 bits per heavy atom. The zero-order valence-corrected chi connectivity index (χ0v) is 11.4. The van der Waals surface area contributed by atoms with Gasteiger partial charge < -0.3 is 15.3 Å². The molecule has 0 radical (unpaired) electrons. The third kappa shape index (κ3) is 3.72. The van der Waals surface area contributed by atoms with Crippen LogP contribution in [0.3, 0.4) is 0 Å². The van der Waals surface area contributed by atoms with Crippen molar-refractivity contribution in [1.29, 1.82) is 0 Å². The third-order valence-corrected chi connectivity index (χ3v) is 2.88. The molecule has 0 amide bonds. The van der Waals surface area contributed by atoms with E-state index in [0.717, 1.165) is 17.8 Å². The minimum Gasteiger partial charge on any atom is -0.394 e. The molecule has 2 rings (SSSR count). The summed E-state index contributed by atoms with van der Waals surface area (Å²) in [6.45, 7) is 1.37. The number of nitrogens with one attached hydrogen (secondary N) is 1. The Morgan fingerprint density at radius 2 is 2.21 bits per heavy atom. The first-order chi connectivity index (χ1) is 9.19. The maximum atomic E-state index is 8.84. The van der Waals surface area contributed by atoms with Gasteiger partial charge >= 0.3 is 0 Å². The molecule has 0 saturated heterocycles. The average Bonchev–Trinajstić information content (AvgIpc) is 2.85. The van der Waals surface area contributed by atoms with Crippen molar-refractivity contribution < 1.29 is 5.11 Å². The van der Waals surface area contributed by atoms with Crippen LogP contribution in [-0.2, 0) is 13.1 Å². The zero-order valence-electron chi connectivity index (χ0n) is 11.4. The Bertz CT molecular complexity index is 522. The minimum absolute atomic E-state index is 0.111. The van der Waals surface area contributed by atoms with Crippen LogP contribution in [0.4, 0.5) is 11.4 Å². The first kappa shape index (κ1) is 13.4. The van der Waals surface area contributed by atoms with Crippen LogP contribution in [-0.4, -0.2) is 35.6 Å². The summed E-state index contributed by atoms with van der Waals surface area (Å²) in [5.41, 5.74) is 3.35. The molecule has 5 heteroatoms. The number of nitrogens with zero attached hydrogens (tertiary/aromatic N) is 3. The van der Waals surface area contributed by atoms with Gasteiger partial charge in [-0.2, -0.15) is 5.10 Å². The summed E-state index contributed by atoms with van der Waals surface area (Å²) in [7, 11) is 4.05. The summed E-state index contributed by atoms with van der Waals surface area (Å²) in [5, 5.41) is 16.4. The number of aliphatic hydroxyl groups excluding tert-OH is 1. The summed E-state index contributed by atoms with van der Waals surface area (Å²) >= 11 is 0. The van der Waals surface area contributed by atoms with Crippen LogP contribution in [0.1, 0.15) is 5.56 Å². The highest BCUT2D eigenvalue weighted by atomic mass is 16.3. The molecule has 0 fully saturated rings. The van der Waals surface area contributed by atoms with Crippen molar-refractivity contribution in [1.82, 2.24) is 9.78 Å². The molecule has 0 aliphatic carbocycles.